The number of nitrogens with two attached hydrogens (primary N) is 1. The summed E-state index contributed by atoms with van der Waals surface area (Å²) in [5.74, 6) is -1.98. The number of hydrogen-bond donors (Lipinski definition) is 1. The summed E-state index contributed by atoms with van der Waals surface area (Å²) in [7, 11) is 0. The Morgan fingerprint density at radius 1 is 1.05 bits per heavy atom. The van der Waals surface area contributed by atoms with Crippen LogP contribution in [0, 0.1) is 11.6 Å². The molecule has 0 amide bonds. The van der Waals surface area contributed by atoms with Crippen LogP contribution in [0.25, 0.3) is 0 Å². The first kappa shape index (κ1) is 14.2. The summed E-state index contributed by atoms with van der Waals surface area (Å²) >= 11 is 0. The zero-order chi connectivity index (χ0) is 14.5. The van der Waals surface area contributed by atoms with E-state index < -0.39 is 11.6 Å². The van der Waals surface area contributed by atoms with Crippen molar-refractivity contribution in [2.24, 2.45) is 0 Å². The lowest BCUT2D eigenvalue weighted by Gasteiger charge is -2.04. The third kappa shape index (κ3) is 3.63. The van der Waals surface area contributed by atoms with E-state index >= 15 is 0 Å². The maximum absolute atomic E-state index is 13.4. The van der Waals surface area contributed by atoms with Crippen LogP contribution in [0.2, 0.25) is 0 Å². The summed E-state index contributed by atoms with van der Waals surface area (Å²) in [4.78, 5) is 11.8. The lowest BCUT2D eigenvalue weighted by molar-refractivity contribution is -0.118. The predicted molar refractivity (Wildman–Crippen MR) is 74.2 cm³/mol. The van der Waals surface area contributed by atoms with E-state index in [0.29, 0.717) is 18.5 Å². The highest BCUT2D eigenvalue weighted by molar-refractivity contribution is 5.81. The SMILES string of the molecule is Nc1ccc(CCC(=O)Cc2cccc(F)c2F)cc1. The molecule has 0 aliphatic heterocycles. The molecule has 0 saturated carbocycles. The fourth-order valence-electron chi connectivity index (χ4n) is 1.95. The first-order valence-electron chi connectivity index (χ1n) is 6.35. The van der Waals surface area contributed by atoms with Crippen molar-refractivity contribution in [3.63, 3.8) is 0 Å². The van der Waals surface area contributed by atoms with Gasteiger partial charge in [-0.15, -0.1) is 0 Å². The van der Waals surface area contributed by atoms with E-state index in [2.05, 4.69) is 0 Å². The average molecular weight is 275 g/mol. The summed E-state index contributed by atoms with van der Waals surface area (Å²) in [5, 5.41) is 0. The van der Waals surface area contributed by atoms with Gasteiger partial charge in [-0.3, -0.25) is 4.79 Å². The molecular weight excluding hydrogens is 260 g/mol. The van der Waals surface area contributed by atoms with Crippen LogP contribution in [0.1, 0.15) is 17.5 Å². The molecule has 2 N–H and O–H groups in total. The molecule has 104 valence electrons. The molecule has 0 aliphatic rings. The molecule has 0 aromatic heterocycles. The molecule has 0 heterocycles. The number of Topliss-reactive ketones (excluding diaryl/α,β-unsaturated/α-hetero) is 1. The largest absolute Gasteiger partial charge is 0.399 e. The van der Waals surface area contributed by atoms with Crippen molar-refractivity contribution in [1.29, 1.82) is 0 Å². The quantitative estimate of drug-likeness (QED) is 0.851. The van der Waals surface area contributed by atoms with Crippen LogP contribution in [0.15, 0.2) is 42.5 Å². The number of anilines is 1. The Bertz CT molecular complexity index is 608. The van der Waals surface area contributed by atoms with Crippen molar-refractivity contribution in [2.45, 2.75) is 19.3 Å². The number of carbonyl (C=O) groups is 1. The smallest absolute Gasteiger partial charge is 0.162 e. The summed E-state index contributed by atoms with van der Waals surface area (Å²) in [6, 6.07) is 11.1. The van der Waals surface area contributed by atoms with Crippen molar-refractivity contribution < 1.29 is 13.6 Å². The highest BCUT2D eigenvalue weighted by atomic mass is 19.2. The Morgan fingerprint density at radius 2 is 1.75 bits per heavy atom. The zero-order valence-corrected chi connectivity index (χ0v) is 10.9. The number of hydrogen-bond acceptors (Lipinski definition) is 2. The molecule has 2 nitrogen and oxygen atoms in total. The molecule has 0 aliphatic carbocycles. The van der Waals surface area contributed by atoms with Crippen molar-refractivity contribution in [3.8, 4) is 0 Å². The summed E-state index contributed by atoms with van der Waals surface area (Å²) in [6.07, 6.45) is 0.772. The van der Waals surface area contributed by atoms with Crippen LogP contribution in [-0.2, 0) is 17.6 Å². The summed E-state index contributed by atoms with van der Waals surface area (Å²) < 4.78 is 26.4. The molecule has 0 saturated heterocycles. The molecule has 2 aromatic carbocycles. The van der Waals surface area contributed by atoms with Crippen LogP contribution < -0.4 is 5.73 Å². The topological polar surface area (TPSA) is 43.1 Å². The third-order valence-corrected chi connectivity index (χ3v) is 3.09. The number of carbonyl (C=O) groups excluding carboxylic acids is 1. The van der Waals surface area contributed by atoms with Crippen molar-refractivity contribution in [3.05, 3.63) is 65.2 Å². The minimum atomic E-state index is -0.937. The van der Waals surface area contributed by atoms with Gasteiger partial charge >= 0.3 is 0 Å². The fourth-order valence-corrected chi connectivity index (χ4v) is 1.95. The van der Waals surface area contributed by atoms with Gasteiger partial charge in [0.15, 0.2) is 11.6 Å². The van der Waals surface area contributed by atoms with Gasteiger partial charge in [0.2, 0.25) is 0 Å². The lowest BCUT2D eigenvalue weighted by atomic mass is 10.0. The van der Waals surface area contributed by atoms with E-state index in [1.165, 1.54) is 12.1 Å². The number of aryl methyl sites for hydroxylation is 1. The van der Waals surface area contributed by atoms with Gasteiger partial charge in [0.25, 0.3) is 0 Å². The van der Waals surface area contributed by atoms with Crippen LogP contribution in [-0.4, -0.2) is 5.78 Å². The first-order valence-corrected chi connectivity index (χ1v) is 6.35. The predicted octanol–water partition coefficient (Wildman–Crippen LogP) is 3.29. The standard InChI is InChI=1S/C16H15F2NO/c17-15-3-1-2-12(16(15)18)10-14(20)9-6-11-4-7-13(19)8-5-11/h1-5,7-8H,6,9-10,19H2. The minimum absolute atomic E-state index is 0.0848. The number of halogens is 2. The molecule has 4 heteroatoms. The van der Waals surface area contributed by atoms with Crippen LogP contribution >= 0.6 is 0 Å². The van der Waals surface area contributed by atoms with Gasteiger partial charge in [0.05, 0.1) is 0 Å². The van der Waals surface area contributed by atoms with E-state index in [-0.39, 0.29) is 17.8 Å². The highest BCUT2D eigenvalue weighted by Gasteiger charge is 2.11. The van der Waals surface area contributed by atoms with Gasteiger partial charge in [0.1, 0.15) is 5.78 Å². The molecule has 0 spiro atoms. The highest BCUT2D eigenvalue weighted by Crippen LogP contribution is 2.14. The molecule has 0 bridgehead atoms. The average Bonchev–Trinajstić information content (AvgIpc) is 2.43. The van der Waals surface area contributed by atoms with E-state index in [1.54, 1.807) is 12.1 Å². The Balaban J connectivity index is 1.92. The summed E-state index contributed by atoms with van der Waals surface area (Å²) in [5.41, 5.74) is 7.34. The monoisotopic (exact) mass is 275 g/mol. The second kappa shape index (κ2) is 6.28. The van der Waals surface area contributed by atoms with Gasteiger partial charge in [-0.1, -0.05) is 24.3 Å². The number of ketones is 1. The number of benzene rings is 2. The molecule has 0 radical (unpaired) electrons. The van der Waals surface area contributed by atoms with E-state index in [9.17, 15) is 13.6 Å². The Hall–Kier alpha value is -2.23. The molecule has 2 aromatic rings. The maximum atomic E-state index is 13.4. The number of rotatable bonds is 5. The minimum Gasteiger partial charge on any atom is -0.399 e. The van der Waals surface area contributed by atoms with Gasteiger partial charge in [-0.05, 0) is 35.7 Å². The number of nitrogen functional groups attached to an aromatic ring is 1. The fraction of sp³-hybridized carbons (Fsp3) is 0.188. The van der Waals surface area contributed by atoms with Gasteiger partial charge < -0.3 is 5.73 Å². The lowest BCUT2D eigenvalue weighted by Crippen LogP contribution is -2.07. The Labute approximate surface area is 116 Å². The molecule has 0 fully saturated rings. The first-order chi connectivity index (χ1) is 9.56. The van der Waals surface area contributed by atoms with Crippen molar-refractivity contribution in [2.75, 3.05) is 5.73 Å². The van der Waals surface area contributed by atoms with Crippen LogP contribution in [0.3, 0.4) is 0 Å². The normalized spacial score (nSPS) is 10.5. The maximum Gasteiger partial charge on any atom is 0.162 e. The van der Waals surface area contributed by atoms with Gasteiger partial charge in [-0.25, -0.2) is 8.78 Å². The van der Waals surface area contributed by atoms with Crippen LogP contribution in [0.5, 0.6) is 0 Å². The van der Waals surface area contributed by atoms with E-state index in [0.717, 1.165) is 11.6 Å². The Kier molecular flexibility index (Phi) is 4.45. The second-order valence-corrected chi connectivity index (χ2v) is 4.67. The molecule has 20 heavy (non-hydrogen) atoms. The third-order valence-electron chi connectivity index (χ3n) is 3.09. The van der Waals surface area contributed by atoms with Gasteiger partial charge in [0, 0.05) is 18.5 Å². The zero-order valence-electron chi connectivity index (χ0n) is 10.9. The van der Waals surface area contributed by atoms with Gasteiger partial charge in [-0.2, -0.15) is 0 Å². The van der Waals surface area contributed by atoms with E-state index in [4.69, 9.17) is 5.73 Å². The molecular formula is C16H15F2NO. The van der Waals surface area contributed by atoms with E-state index in [1.807, 2.05) is 12.1 Å². The second-order valence-electron chi connectivity index (χ2n) is 4.67. The molecule has 0 atom stereocenters. The summed E-state index contributed by atoms with van der Waals surface area (Å²) in [6.45, 7) is 0. The van der Waals surface area contributed by atoms with Crippen molar-refractivity contribution in [1.82, 2.24) is 0 Å². The van der Waals surface area contributed by atoms with Crippen LogP contribution in [0.4, 0.5) is 14.5 Å². The Morgan fingerprint density at radius 3 is 2.45 bits per heavy atom. The molecule has 2 rings (SSSR count). The molecule has 0 unspecified atom stereocenters. The van der Waals surface area contributed by atoms with Crippen molar-refractivity contribution >= 4 is 11.5 Å².